The lowest BCUT2D eigenvalue weighted by molar-refractivity contribution is 0.251. The van der Waals surface area contributed by atoms with Crippen molar-refractivity contribution in [2.45, 2.75) is 58.5 Å². The van der Waals surface area contributed by atoms with E-state index in [4.69, 9.17) is 0 Å². The summed E-state index contributed by atoms with van der Waals surface area (Å²) in [4.78, 5) is 4.50. The normalized spacial score (nSPS) is 30.3. The van der Waals surface area contributed by atoms with Crippen LogP contribution in [0.1, 0.15) is 45.4 Å². The molecular formula is C16H28N4. The maximum absolute atomic E-state index is 4.50. The van der Waals surface area contributed by atoms with E-state index in [0.29, 0.717) is 12.0 Å². The zero-order chi connectivity index (χ0) is 14.1. The molecule has 2 fully saturated rings. The van der Waals surface area contributed by atoms with E-state index in [-0.39, 0.29) is 0 Å². The second-order valence-electron chi connectivity index (χ2n) is 7.19. The van der Waals surface area contributed by atoms with E-state index < -0.39 is 0 Å². The smallest absolute Gasteiger partial charge is 0.138 e. The van der Waals surface area contributed by atoms with Gasteiger partial charge in [-0.25, -0.2) is 9.67 Å². The van der Waals surface area contributed by atoms with Crippen molar-refractivity contribution >= 4 is 0 Å². The molecule has 0 spiro atoms. The molecule has 2 saturated carbocycles. The predicted molar refractivity (Wildman–Crippen MR) is 80.3 cm³/mol. The Kier molecular flexibility index (Phi) is 4.11. The Morgan fingerprint density at radius 3 is 2.80 bits per heavy atom. The lowest BCUT2D eigenvalue weighted by Gasteiger charge is -2.30. The van der Waals surface area contributed by atoms with Gasteiger partial charge in [0.05, 0.1) is 0 Å². The van der Waals surface area contributed by atoms with Crippen LogP contribution in [0.15, 0.2) is 6.33 Å². The maximum Gasteiger partial charge on any atom is 0.138 e. The fourth-order valence-corrected chi connectivity index (χ4v) is 4.40. The summed E-state index contributed by atoms with van der Waals surface area (Å²) in [6, 6.07) is 0.570. The Bertz CT molecular complexity index is 439. The minimum Gasteiger partial charge on any atom is -0.316 e. The van der Waals surface area contributed by atoms with Crippen molar-refractivity contribution in [1.29, 1.82) is 0 Å². The van der Waals surface area contributed by atoms with Gasteiger partial charge in [0.15, 0.2) is 0 Å². The second-order valence-corrected chi connectivity index (χ2v) is 7.19. The van der Waals surface area contributed by atoms with Gasteiger partial charge in [-0.15, -0.1) is 0 Å². The van der Waals surface area contributed by atoms with Gasteiger partial charge in [0.2, 0.25) is 0 Å². The molecule has 1 aromatic heterocycles. The average molecular weight is 276 g/mol. The third-order valence-corrected chi connectivity index (χ3v) is 5.32. The van der Waals surface area contributed by atoms with Crippen LogP contribution in [-0.2, 0) is 13.0 Å². The molecule has 1 aromatic rings. The van der Waals surface area contributed by atoms with Crippen LogP contribution in [0, 0.1) is 23.7 Å². The van der Waals surface area contributed by atoms with Gasteiger partial charge in [-0.2, -0.15) is 5.10 Å². The number of aromatic nitrogens is 3. The first kappa shape index (κ1) is 14.1. The van der Waals surface area contributed by atoms with Crippen LogP contribution in [0.2, 0.25) is 0 Å². The number of hydrogen-bond acceptors (Lipinski definition) is 3. The van der Waals surface area contributed by atoms with Gasteiger partial charge in [-0.1, -0.05) is 20.3 Å². The molecule has 112 valence electrons. The summed E-state index contributed by atoms with van der Waals surface area (Å²) >= 11 is 0. The molecule has 0 aromatic carbocycles. The highest BCUT2D eigenvalue weighted by atomic mass is 15.3. The van der Waals surface area contributed by atoms with Gasteiger partial charge in [0.1, 0.15) is 12.2 Å². The van der Waals surface area contributed by atoms with Crippen molar-refractivity contribution < 1.29 is 0 Å². The van der Waals surface area contributed by atoms with E-state index in [2.05, 4.69) is 41.0 Å². The average Bonchev–Trinajstić information content (AvgIpc) is 3.11. The fraction of sp³-hybridized carbons (Fsp3) is 0.875. The van der Waals surface area contributed by atoms with Crippen molar-refractivity contribution in [1.82, 2.24) is 20.1 Å². The molecular weight excluding hydrogens is 248 g/mol. The molecule has 2 aliphatic carbocycles. The van der Waals surface area contributed by atoms with Gasteiger partial charge in [-0.3, -0.25) is 0 Å². The monoisotopic (exact) mass is 276 g/mol. The standard InChI is InChI=1S/C16H28N4/c1-11(2)9-20-16(18-10-19-20)8-15(17-3)14-7-12-4-5-13(14)6-12/h10-15,17H,4-9H2,1-3H3. The first-order chi connectivity index (χ1) is 9.67. The van der Waals surface area contributed by atoms with Gasteiger partial charge in [0.25, 0.3) is 0 Å². The largest absolute Gasteiger partial charge is 0.316 e. The van der Waals surface area contributed by atoms with E-state index in [9.17, 15) is 0 Å². The van der Waals surface area contributed by atoms with Crippen molar-refractivity contribution in [3.63, 3.8) is 0 Å². The van der Waals surface area contributed by atoms with Crippen molar-refractivity contribution in [2.24, 2.45) is 23.7 Å². The molecule has 0 amide bonds. The van der Waals surface area contributed by atoms with Crippen molar-refractivity contribution in [2.75, 3.05) is 7.05 Å². The Balaban J connectivity index is 1.67. The molecule has 4 heteroatoms. The highest BCUT2D eigenvalue weighted by Gasteiger charge is 2.42. The highest BCUT2D eigenvalue weighted by molar-refractivity contribution is 4.99. The molecule has 20 heavy (non-hydrogen) atoms. The number of likely N-dealkylation sites (N-methyl/N-ethyl adjacent to an activating group) is 1. The van der Waals surface area contributed by atoms with E-state index in [1.54, 1.807) is 6.33 Å². The Labute approximate surface area is 122 Å². The molecule has 4 nitrogen and oxygen atoms in total. The van der Waals surface area contributed by atoms with Gasteiger partial charge >= 0.3 is 0 Å². The molecule has 1 N–H and O–H groups in total. The third kappa shape index (κ3) is 2.76. The SMILES string of the molecule is CNC(Cc1ncnn1CC(C)C)C1CC2CCC1C2. The Morgan fingerprint density at radius 1 is 1.35 bits per heavy atom. The second kappa shape index (κ2) is 5.84. The quantitative estimate of drug-likeness (QED) is 0.868. The molecule has 0 aliphatic heterocycles. The van der Waals surface area contributed by atoms with E-state index >= 15 is 0 Å². The first-order valence-corrected chi connectivity index (χ1v) is 8.21. The van der Waals surface area contributed by atoms with Crippen LogP contribution in [-0.4, -0.2) is 27.9 Å². The summed E-state index contributed by atoms with van der Waals surface area (Å²) in [6.45, 7) is 5.44. The summed E-state index contributed by atoms with van der Waals surface area (Å²) in [5, 5.41) is 7.96. The van der Waals surface area contributed by atoms with Crippen LogP contribution >= 0.6 is 0 Å². The minimum atomic E-state index is 0.570. The number of fused-ring (bicyclic) bond motifs is 2. The summed E-state index contributed by atoms with van der Waals surface area (Å²) in [5.41, 5.74) is 0. The van der Waals surface area contributed by atoms with Gasteiger partial charge in [0, 0.05) is 19.0 Å². The molecule has 4 unspecified atom stereocenters. The molecule has 2 bridgehead atoms. The zero-order valence-corrected chi connectivity index (χ0v) is 13.0. The summed E-state index contributed by atoms with van der Waals surface area (Å²) in [5.74, 6) is 4.59. The summed E-state index contributed by atoms with van der Waals surface area (Å²) in [7, 11) is 2.11. The third-order valence-electron chi connectivity index (χ3n) is 5.32. The molecule has 1 heterocycles. The summed E-state index contributed by atoms with van der Waals surface area (Å²) in [6.07, 6.45) is 8.56. The van der Waals surface area contributed by atoms with E-state index in [1.807, 2.05) is 0 Å². The zero-order valence-electron chi connectivity index (χ0n) is 13.0. The molecule has 2 aliphatic rings. The first-order valence-electron chi connectivity index (χ1n) is 8.21. The van der Waals surface area contributed by atoms with Crippen LogP contribution in [0.5, 0.6) is 0 Å². The Hall–Kier alpha value is -0.900. The van der Waals surface area contributed by atoms with E-state index in [1.165, 1.54) is 25.7 Å². The number of hydrogen-bond donors (Lipinski definition) is 1. The summed E-state index contributed by atoms with van der Waals surface area (Å²) < 4.78 is 2.10. The Morgan fingerprint density at radius 2 is 2.20 bits per heavy atom. The van der Waals surface area contributed by atoms with Gasteiger partial charge < -0.3 is 5.32 Å². The van der Waals surface area contributed by atoms with E-state index in [0.717, 1.165) is 36.5 Å². The maximum atomic E-state index is 4.50. The van der Waals surface area contributed by atoms with Crippen LogP contribution < -0.4 is 5.32 Å². The van der Waals surface area contributed by atoms with Crippen LogP contribution in [0.25, 0.3) is 0 Å². The molecule has 0 saturated heterocycles. The van der Waals surface area contributed by atoms with Crippen LogP contribution in [0.3, 0.4) is 0 Å². The molecule has 0 radical (unpaired) electrons. The van der Waals surface area contributed by atoms with Gasteiger partial charge in [-0.05, 0) is 50.0 Å². The molecule has 4 atom stereocenters. The highest BCUT2D eigenvalue weighted by Crippen LogP contribution is 2.49. The number of rotatable bonds is 6. The minimum absolute atomic E-state index is 0.570. The van der Waals surface area contributed by atoms with Crippen molar-refractivity contribution in [3.05, 3.63) is 12.2 Å². The number of nitrogens with zero attached hydrogens (tertiary/aromatic N) is 3. The molecule has 3 rings (SSSR count). The fourth-order valence-electron chi connectivity index (χ4n) is 4.40. The lowest BCUT2D eigenvalue weighted by Crippen LogP contribution is -2.39. The number of nitrogens with one attached hydrogen (secondary N) is 1. The van der Waals surface area contributed by atoms with Crippen molar-refractivity contribution in [3.8, 4) is 0 Å². The lowest BCUT2D eigenvalue weighted by atomic mass is 9.82. The predicted octanol–water partition coefficient (Wildman–Crippen LogP) is 2.50. The topological polar surface area (TPSA) is 42.7 Å². The van der Waals surface area contributed by atoms with Crippen LogP contribution in [0.4, 0.5) is 0 Å².